The highest BCUT2D eigenvalue weighted by molar-refractivity contribution is 6.06. The smallest absolute Gasteiger partial charge is 0.341 e. The third-order valence-electron chi connectivity index (χ3n) is 5.43. The van der Waals surface area contributed by atoms with Gasteiger partial charge >= 0.3 is 5.97 Å². The third-order valence-corrected chi connectivity index (χ3v) is 5.43. The van der Waals surface area contributed by atoms with Crippen LogP contribution in [-0.4, -0.2) is 18.5 Å². The summed E-state index contributed by atoms with van der Waals surface area (Å²) in [7, 11) is 0. The van der Waals surface area contributed by atoms with Crippen LogP contribution in [-0.2, 0) is 11.2 Å². The summed E-state index contributed by atoms with van der Waals surface area (Å²) in [4.78, 5) is 24.3. The second-order valence-corrected chi connectivity index (χ2v) is 8.21. The minimum Gasteiger partial charge on any atom is -0.457 e. The number of allylic oxidation sites excluding steroid dienone is 1. The van der Waals surface area contributed by atoms with Crippen LogP contribution >= 0.6 is 0 Å². The number of esters is 1. The van der Waals surface area contributed by atoms with Gasteiger partial charge in [0.15, 0.2) is 5.78 Å². The fourth-order valence-corrected chi connectivity index (χ4v) is 3.59. The summed E-state index contributed by atoms with van der Waals surface area (Å²) in [5, 5.41) is 0. The van der Waals surface area contributed by atoms with Crippen molar-refractivity contribution in [2.45, 2.75) is 6.42 Å². The van der Waals surface area contributed by atoms with Crippen molar-refractivity contribution >= 4 is 29.2 Å². The molecular weight excluding hydrogens is 452 g/mol. The van der Waals surface area contributed by atoms with E-state index in [0.29, 0.717) is 22.7 Å². The SMILES string of the molecule is Nc1cc(N)cc(C(=O)OCOc2ccc(Cc3ccc(/C=C/C(=O)c4ccccc4)cc3)cc2)c1. The maximum atomic E-state index is 12.2. The standard InChI is InChI=1S/C30H26N2O4/c31-26-17-25(18-27(32)19-26)30(34)36-20-35-28-13-10-23(11-14-28)16-22-8-6-21(7-9-22)12-15-29(33)24-4-2-1-3-5-24/h1-15,17-19H,16,20,31-32H2/b15-12+. The number of hydrogen-bond acceptors (Lipinski definition) is 6. The molecule has 0 atom stereocenters. The van der Waals surface area contributed by atoms with Gasteiger partial charge in [0.05, 0.1) is 5.56 Å². The summed E-state index contributed by atoms with van der Waals surface area (Å²) >= 11 is 0. The molecule has 4 N–H and O–H groups in total. The zero-order valence-electron chi connectivity index (χ0n) is 19.6. The fourth-order valence-electron chi connectivity index (χ4n) is 3.59. The summed E-state index contributed by atoms with van der Waals surface area (Å²) in [5.74, 6) is 0.00163. The Morgan fingerprint density at radius 3 is 1.97 bits per heavy atom. The Morgan fingerprint density at radius 1 is 0.722 bits per heavy atom. The maximum absolute atomic E-state index is 12.2. The average molecular weight is 479 g/mol. The molecule has 0 saturated carbocycles. The highest BCUT2D eigenvalue weighted by atomic mass is 16.7. The quantitative estimate of drug-likeness (QED) is 0.108. The van der Waals surface area contributed by atoms with E-state index in [9.17, 15) is 9.59 Å². The molecule has 4 aromatic carbocycles. The topological polar surface area (TPSA) is 105 Å². The predicted octanol–water partition coefficient (Wildman–Crippen LogP) is 5.53. The highest BCUT2D eigenvalue weighted by Crippen LogP contribution is 2.18. The van der Waals surface area contributed by atoms with Gasteiger partial charge in [-0.2, -0.15) is 0 Å². The molecule has 0 aliphatic carbocycles. The van der Waals surface area contributed by atoms with Gasteiger partial charge in [-0.1, -0.05) is 72.8 Å². The van der Waals surface area contributed by atoms with Crippen molar-refractivity contribution in [3.05, 3.63) is 131 Å². The maximum Gasteiger partial charge on any atom is 0.341 e. The van der Waals surface area contributed by atoms with Gasteiger partial charge in [0.25, 0.3) is 0 Å². The van der Waals surface area contributed by atoms with Crippen molar-refractivity contribution in [1.29, 1.82) is 0 Å². The Labute approximate surface area is 209 Å². The molecule has 0 unspecified atom stereocenters. The minimum atomic E-state index is -0.562. The van der Waals surface area contributed by atoms with Gasteiger partial charge in [-0.15, -0.1) is 0 Å². The molecule has 0 aliphatic heterocycles. The van der Waals surface area contributed by atoms with E-state index < -0.39 is 5.97 Å². The Kier molecular flexibility index (Phi) is 7.78. The van der Waals surface area contributed by atoms with Crippen LogP contribution in [0.3, 0.4) is 0 Å². The van der Waals surface area contributed by atoms with Crippen LogP contribution in [0.1, 0.15) is 37.4 Å². The molecule has 0 heterocycles. The molecule has 6 nitrogen and oxygen atoms in total. The van der Waals surface area contributed by atoms with Crippen LogP contribution in [0.25, 0.3) is 6.08 Å². The summed E-state index contributed by atoms with van der Waals surface area (Å²) in [6.07, 6.45) is 4.16. The van der Waals surface area contributed by atoms with Crippen molar-refractivity contribution in [2.75, 3.05) is 18.3 Å². The number of nitrogen functional groups attached to an aromatic ring is 2. The van der Waals surface area contributed by atoms with Crippen LogP contribution in [0.4, 0.5) is 11.4 Å². The van der Waals surface area contributed by atoms with Gasteiger partial charge in [-0.05, 0) is 59.5 Å². The van der Waals surface area contributed by atoms with E-state index in [2.05, 4.69) is 0 Å². The number of anilines is 2. The van der Waals surface area contributed by atoms with Crippen molar-refractivity contribution in [3.8, 4) is 5.75 Å². The third kappa shape index (κ3) is 6.84. The first-order chi connectivity index (χ1) is 17.5. The molecule has 0 bridgehead atoms. The number of carbonyl (C=O) groups excluding carboxylic acids is 2. The Bertz CT molecular complexity index is 1340. The molecule has 36 heavy (non-hydrogen) atoms. The minimum absolute atomic E-state index is 0.0220. The van der Waals surface area contributed by atoms with Crippen LogP contribution < -0.4 is 16.2 Å². The van der Waals surface area contributed by atoms with Gasteiger partial charge in [0.2, 0.25) is 6.79 Å². The molecular formula is C30H26N2O4. The molecule has 0 amide bonds. The first-order valence-electron chi connectivity index (χ1n) is 11.4. The van der Waals surface area contributed by atoms with Crippen molar-refractivity contribution in [3.63, 3.8) is 0 Å². The number of carbonyl (C=O) groups is 2. The number of benzene rings is 4. The van der Waals surface area contributed by atoms with E-state index >= 15 is 0 Å². The lowest BCUT2D eigenvalue weighted by Crippen LogP contribution is -2.11. The first kappa shape index (κ1) is 24.3. The number of rotatable bonds is 9. The van der Waals surface area contributed by atoms with Crippen molar-refractivity contribution < 1.29 is 19.1 Å². The van der Waals surface area contributed by atoms with Crippen LogP contribution in [0.2, 0.25) is 0 Å². The number of ether oxygens (including phenoxy) is 2. The van der Waals surface area contributed by atoms with E-state index in [1.54, 1.807) is 24.3 Å². The van der Waals surface area contributed by atoms with Crippen LogP contribution in [0, 0.1) is 0 Å². The molecule has 0 aromatic heterocycles. The normalized spacial score (nSPS) is 10.8. The number of hydrogen-bond donors (Lipinski definition) is 2. The zero-order chi connectivity index (χ0) is 25.3. The van der Waals surface area contributed by atoms with E-state index in [4.69, 9.17) is 20.9 Å². The lowest BCUT2D eigenvalue weighted by atomic mass is 10.0. The summed E-state index contributed by atoms with van der Waals surface area (Å²) in [5.41, 5.74) is 16.3. The second kappa shape index (κ2) is 11.5. The zero-order valence-corrected chi connectivity index (χ0v) is 19.6. The average Bonchev–Trinajstić information content (AvgIpc) is 2.89. The molecule has 0 spiro atoms. The molecule has 6 heteroatoms. The van der Waals surface area contributed by atoms with E-state index in [1.807, 2.05) is 72.8 Å². The van der Waals surface area contributed by atoms with Crippen LogP contribution in [0.15, 0.2) is 103 Å². The lowest BCUT2D eigenvalue weighted by molar-refractivity contribution is 0.0154. The van der Waals surface area contributed by atoms with Gasteiger partial charge in [-0.25, -0.2) is 4.79 Å². The number of nitrogens with two attached hydrogens (primary N) is 2. The summed E-state index contributed by atoms with van der Waals surface area (Å²) < 4.78 is 10.7. The second-order valence-electron chi connectivity index (χ2n) is 8.21. The largest absolute Gasteiger partial charge is 0.457 e. The lowest BCUT2D eigenvalue weighted by Gasteiger charge is -2.09. The van der Waals surface area contributed by atoms with Crippen molar-refractivity contribution in [2.24, 2.45) is 0 Å². The van der Waals surface area contributed by atoms with Crippen LogP contribution in [0.5, 0.6) is 5.75 Å². The number of ketones is 1. The van der Waals surface area contributed by atoms with Gasteiger partial charge in [-0.3, -0.25) is 4.79 Å². The molecule has 4 aromatic rings. The van der Waals surface area contributed by atoms with Crippen molar-refractivity contribution in [1.82, 2.24) is 0 Å². The van der Waals surface area contributed by atoms with Gasteiger partial charge < -0.3 is 20.9 Å². The molecule has 0 aliphatic rings. The fraction of sp³-hybridized carbons (Fsp3) is 0.0667. The Hall–Kier alpha value is -4.84. The molecule has 0 saturated heterocycles. The Morgan fingerprint density at radius 2 is 1.33 bits per heavy atom. The molecule has 0 fully saturated rings. The summed E-state index contributed by atoms with van der Waals surface area (Å²) in [6, 6.07) is 29.4. The van der Waals surface area contributed by atoms with Gasteiger partial charge in [0.1, 0.15) is 5.75 Å². The van der Waals surface area contributed by atoms with E-state index in [1.165, 1.54) is 12.1 Å². The van der Waals surface area contributed by atoms with E-state index in [0.717, 1.165) is 23.1 Å². The molecule has 180 valence electrons. The predicted molar refractivity (Wildman–Crippen MR) is 142 cm³/mol. The van der Waals surface area contributed by atoms with Gasteiger partial charge in [0, 0.05) is 16.9 Å². The Balaban J connectivity index is 1.26. The monoisotopic (exact) mass is 478 g/mol. The molecule has 4 rings (SSSR count). The highest BCUT2D eigenvalue weighted by Gasteiger charge is 2.09. The van der Waals surface area contributed by atoms with E-state index in [-0.39, 0.29) is 18.1 Å². The summed E-state index contributed by atoms with van der Waals surface area (Å²) in [6.45, 7) is -0.228. The molecule has 0 radical (unpaired) electrons. The first-order valence-corrected chi connectivity index (χ1v) is 11.4.